The average Bonchev–Trinajstić information content (AvgIpc) is 3.03. The van der Waals surface area contributed by atoms with Crippen LogP contribution in [-0.2, 0) is 4.74 Å². The largest absolute Gasteiger partial charge is 0.380 e. The first-order chi connectivity index (χ1) is 10.2. The molecule has 1 aromatic rings. The predicted molar refractivity (Wildman–Crippen MR) is 88.5 cm³/mol. The van der Waals surface area contributed by atoms with Crippen LogP contribution in [0, 0.1) is 5.92 Å². The molecule has 21 heavy (non-hydrogen) atoms. The van der Waals surface area contributed by atoms with Gasteiger partial charge in [-0.15, -0.1) is 0 Å². The standard InChI is InChI=1S/C18H30N2O/c1-4-11-19-18(16-8-6-5-7-9-16)15(2)13-20(3)17-10-12-21-14-17/h5-9,15,17-19H,4,10-14H2,1-3H3. The Morgan fingerprint density at radius 2 is 2.10 bits per heavy atom. The summed E-state index contributed by atoms with van der Waals surface area (Å²) in [6.45, 7) is 8.56. The Labute approximate surface area is 129 Å². The van der Waals surface area contributed by atoms with Crippen molar-refractivity contribution in [1.82, 2.24) is 10.2 Å². The molecule has 1 aliphatic rings. The quantitative estimate of drug-likeness (QED) is 0.796. The summed E-state index contributed by atoms with van der Waals surface area (Å²) in [5.41, 5.74) is 1.40. The van der Waals surface area contributed by atoms with Crippen LogP contribution in [0.25, 0.3) is 0 Å². The van der Waals surface area contributed by atoms with E-state index in [1.165, 1.54) is 18.4 Å². The van der Waals surface area contributed by atoms with Gasteiger partial charge in [0.2, 0.25) is 0 Å². The molecule has 1 aromatic carbocycles. The normalized spacial score (nSPS) is 21.6. The maximum atomic E-state index is 5.51. The third-order valence-corrected chi connectivity index (χ3v) is 4.45. The molecule has 3 unspecified atom stereocenters. The number of likely N-dealkylation sites (N-methyl/N-ethyl adjacent to an activating group) is 1. The van der Waals surface area contributed by atoms with Crippen LogP contribution in [0.1, 0.15) is 38.3 Å². The summed E-state index contributed by atoms with van der Waals surface area (Å²) in [7, 11) is 2.23. The molecule has 0 spiro atoms. The van der Waals surface area contributed by atoms with Crippen LogP contribution in [0.2, 0.25) is 0 Å². The Morgan fingerprint density at radius 3 is 2.71 bits per heavy atom. The topological polar surface area (TPSA) is 24.5 Å². The lowest BCUT2D eigenvalue weighted by Gasteiger charge is -2.31. The molecule has 3 nitrogen and oxygen atoms in total. The highest BCUT2D eigenvalue weighted by molar-refractivity contribution is 5.19. The van der Waals surface area contributed by atoms with Gasteiger partial charge in [-0.1, -0.05) is 44.2 Å². The third-order valence-electron chi connectivity index (χ3n) is 4.45. The molecular formula is C18H30N2O. The molecule has 118 valence electrons. The van der Waals surface area contributed by atoms with Crippen molar-refractivity contribution in [2.75, 3.05) is 33.4 Å². The average molecular weight is 290 g/mol. The fourth-order valence-electron chi connectivity index (χ4n) is 3.19. The van der Waals surface area contributed by atoms with Crippen LogP contribution in [-0.4, -0.2) is 44.3 Å². The maximum Gasteiger partial charge on any atom is 0.0622 e. The fourth-order valence-corrected chi connectivity index (χ4v) is 3.19. The lowest BCUT2D eigenvalue weighted by molar-refractivity contribution is 0.144. The highest BCUT2D eigenvalue weighted by Crippen LogP contribution is 2.24. The van der Waals surface area contributed by atoms with Crippen LogP contribution in [0.15, 0.2) is 30.3 Å². The Morgan fingerprint density at radius 1 is 1.33 bits per heavy atom. The van der Waals surface area contributed by atoms with Crippen LogP contribution in [0.5, 0.6) is 0 Å². The highest BCUT2D eigenvalue weighted by atomic mass is 16.5. The molecule has 0 saturated carbocycles. The molecule has 1 fully saturated rings. The van der Waals surface area contributed by atoms with Gasteiger partial charge in [0, 0.05) is 25.2 Å². The smallest absolute Gasteiger partial charge is 0.0622 e. The molecule has 3 heteroatoms. The lowest BCUT2D eigenvalue weighted by Crippen LogP contribution is -2.39. The molecule has 1 aliphatic heterocycles. The third kappa shape index (κ3) is 4.80. The van der Waals surface area contributed by atoms with Crippen molar-refractivity contribution in [2.24, 2.45) is 5.92 Å². The summed E-state index contributed by atoms with van der Waals surface area (Å²) in [6, 6.07) is 11.9. The Hall–Kier alpha value is -0.900. The molecule has 3 atom stereocenters. The number of hydrogen-bond acceptors (Lipinski definition) is 3. The van der Waals surface area contributed by atoms with E-state index >= 15 is 0 Å². The van der Waals surface area contributed by atoms with Crippen molar-refractivity contribution < 1.29 is 4.74 Å². The molecule has 0 amide bonds. The van der Waals surface area contributed by atoms with Gasteiger partial charge < -0.3 is 15.0 Å². The van der Waals surface area contributed by atoms with Crippen LogP contribution < -0.4 is 5.32 Å². The van der Waals surface area contributed by atoms with E-state index in [2.05, 4.69) is 61.4 Å². The molecule has 2 rings (SSSR count). The van der Waals surface area contributed by atoms with E-state index in [1.807, 2.05) is 0 Å². The van der Waals surface area contributed by atoms with Crippen molar-refractivity contribution in [1.29, 1.82) is 0 Å². The van der Waals surface area contributed by atoms with E-state index in [4.69, 9.17) is 4.74 Å². The molecule has 0 radical (unpaired) electrons. The molecule has 1 saturated heterocycles. The van der Waals surface area contributed by atoms with E-state index < -0.39 is 0 Å². The zero-order valence-electron chi connectivity index (χ0n) is 13.7. The van der Waals surface area contributed by atoms with Gasteiger partial charge in [-0.25, -0.2) is 0 Å². The highest BCUT2D eigenvalue weighted by Gasteiger charge is 2.25. The van der Waals surface area contributed by atoms with Gasteiger partial charge in [-0.3, -0.25) is 0 Å². The zero-order chi connectivity index (χ0) is 15.1. The van der Waals surface area contributed by atoms with Crippen LogP contribution in [0.3, 0.4) is 0 Å². The van der Waals surface area contributed by atoms with Gasteiger partial charge in [-0.2, -0.15) is 0 Å². The molecule has 1 N–H and O–H groups in total. The summed E-state index contributed by atoms with van der Waals surface area (Å²) < 4.78 is 5.51. The summed E-state index contributed by atoms with van der Waals surface area (Å²) >= 11 is 0. The number of nitrogens with one attached hydrogen (secondary N) is 1. The van der Waals surface area contributed by atoms with Crippen molar-refractivity contribution in [2.45, 2.75) is 38.8 Å². The number of rotatable bonds is 8. The second kappa shape index (κ2) is 8.52. The minimum absolute atomic E-state index is 0.427. The molecule has 1 heterocycles. The fraction of sp³-hybridized carbons (Fsp3) is 0.667. The van der Waals surface area contributed by atoms with Gasteiger partial charge in [0.05, 0.1) is 6.61 Å². The Bertz CT molecular complexity index is 389. The minimum Gasteiger partial charge on any atom is -0.380 e. The van der Waals surface area contributed by atoms with Gasteiger partial charge in [0.1, 0.15) is 0 Å². The van der Waals surface area contributed by atoms with E-state index in [1.54, 1.807) is 0 Å². The minimum atomic E-state index is 0.427. The molecule has 0 bridgehead atoms. The van der Waals surface area contributed by atoms with E-state index in [0.29, 0.717) is 18.0 Å². The molecular weight excluding hydrogens is 260 g/mol. The summed E-state index contributed by atoms with van der Waals surface area (Å²) in [6.07, 6.45) is 2.34. The Balaban J connectivity index is 1.98. The number of ether oxygens (including phenoxy) is 1. The van der Waals surface area contributed by atoms with Crippen molar-refractivity contribution >= 4 is 0 Å². The van der Waals surface area contributed by atoms with Gasteiger partial charge in [0.25, 0.3) is 0 Å². The second-order valence-electron chi connectivity index (χ2n) is 6.28. The lowest BCUT2D eigenvalue weighted by atomic mass is 9.93. The van der Waals surface area contributed by atoms with Crippen LogP contribution in [0.4, 0.5) is 0 Å². The first-order valence-corrected chi connectivity index (χ1v) is 8.28. The Kier molecular flexibility index (Phi) is 6.68. The number of hydrogen-bond donors (Lipinski definition) is 1. The van der Waals surface area contributed by atoms with E-state index in [-0.39, 0.29) is 0 Å². The van der Waals surface area contributed by atoms with Gasteiger partial charge in [0.15, 0.2) is 0 Å². The first-order valence-electron chi connectivity index (χ1n) is 8.28. The SMILES string of the molecule is CCCNC(c1ccccc1)C(C)CN(C)C1CCOC1. The van der Waals surface area contributed by atoms with Gasteiger partial charge in [-0.05, 0) is 37.9 Å². The second-order valence-corrected chi connectivity index (χ2v) is 6.28. The van der Waals surface area contributed by atoms with Crippen molar-refractivity contribution in [3.63, 3.8) is 0 Å². The summed E-state index contributed by atoms with van der Waals surface area (Å²) in [4.78, 5) is 2.47. The van der Waals surface area contributed by atoms with Crippen molar-refractivity contribution in [3.8, 4) is 0 Å². The maximum absolute atomic E-state index is 5.51. The summed E-state index contributed by atoms with van der Waals surface area (Å²) in [5.74, 6) is 0.574. The van der Waals surface area contributed by atoms with Crippen molar-refractivity contribution in [3.05, 3.63) is 35.9 Å². The number of benzene rings is 1. The van der Waals surface area contributed by atoms with E-state index in [9.17, 15) is 0 Å². The predicted octanol–water partition coefficient (Wildman–Crippen LogP) is 3.08. The monoisotopic (exact) mass is 290 g/mol. The van der Waals surface area contributed by atoms with Crippen LogP contribution >= 0.6 is 0 Å². The van der Waals surface area contributed by atoms with Gasteiger partial charge >= 0.3 is 0 Å². The van der Waals surface area contributed by atoms with E-state index in [0.717, 1.165) is 26.3 Å². The zero-order valence-corrected chi connectivity index (χ0v) is 13.7. The number of nitrogens with zero attached hydrogens (tertiary/aromatic N) is 1. The summed E-state index contributed by atoms with van der Waals surface area (Å²) in [5, 5.41) is 3.72. The molecule has 0 aliphatic carbocycles. The molecule has 0 aromatic heterocycles. The first kappa shape index (κ1) is 16.5.